The molecule has 8 nitrogen and oxygen atoms in total. The van der Waals surface area contributed by atoms with Crippen LogP contribution < -0.4 is 10.6 Å². The van der Waals surface area contributed by atoms with Crippen LogP contribution in [0, 0.1) is 6.92 Å². The predicted molar refractivity (Wildman–Crippen MR) is 115 cm³/mol. The van der Waals surface area contributed by atoms with Gasteiger partial charge in [-0.25, -0.2) is 4.99 Å². The molecule has 0 spiro atoms. The number of aromatic nitrogens is 2. The first-order valence-corrected chi connectivity index (χ1v) is 10.1. The van der Waals surface area contributed by atoms with E-state index in [1.807, 2.05) is 32.0 Å². The van der Waals surface area contributed by atoms with Gasteiger partial charge in [0.2, 0.25) is 11.7 Å². The standard InChI is InChI=1S/C21H26ClN5O3/c1-4-23-20(25-13-21(3,28)17-10-5-14(2)29-17)24-12-11-18-26-19(27-30-18)15-6-8-16(22)9-7-15/h5-10,28H,4,11-13H2,1-3H3,(H2,23,24,25). The summed E-state index contributed by atoms with van der Waals surface area (Å²) >= 11 is 5.91. The highest BCUT2D eigenvalue weighted by Gasteiger charge is 2.26. The van der Waals surface area contributed by atoms with Crippen LogP contribution in [-0.2, 0) is 12.0 Å². The molecule has 9 heteroatoms. The molecule has 3 N–H and O–H groups in total. The van der Waals surface area contributed by atoms with Gasteiger partial charge in [-0.15, -0.1) is 0 Å². The summed E-state index contributed by atoms with van der Waals surface area (Å²) in [7, 11) is 0. The van der Waals surface area contributed by atoms with E-state index in [2.05, 4.69) is 25.8 Å². The number of rotatable bonds is 8. The van der Waals surface area contributed by atoms with Gasteiger partial charge in [0.1, 0.15) is 17.1 Å². The molecule has 160 valence electrons. The average molecular weight is 432 g/mol. The van der Waals surface area contributed by atoms with Crippen LogP contribution in [0.15, 0.2) is 50.3 Å². The number of furan rings is 1. The minimum Gasteiger partial charge on any atom is -0.463 e. The van der Waals surface area contributed by atoms with Gasteiger partial charge in [-0.05, 0) is 57.2 Å². The summed E-state index contributed by atoms with van der Waals surface area (Å²) in [5.41, 5.74) is -0.357. The number of aliphatic imine (C=N–C) groups is 1. The highest BCUT2D eigenvalue weighted by atomic mass is 35.5. The topological polar surface area (TPSA) is 109 Å². The zero-order chi connectivity index (χ0) is 21.6. The Bertz CT molecular complexity index is 979. The fourth-order valence-corrected chi connectivity index (χ4v) is 2.86. The molecule has 3 rings (SSSR count). The molecule has 0 amide bonds. The fraction of sp³-hybridized carbons (Fsp3) is 0.381. The highest BCUT2D eigenvalue weighted by Crippen LogP contribution is 2.23. The first-order valence-electron chi connectivity index (χ1n) is 9.77. The third kappa shape index (κ3) is 5.84. The van der Waals surface area contributed by atoms with Gasteiger partial charge in [0, 0.05) is 30.1 Å². The van der Waals surface area contributed by atoms with Crippen LogP contribution in [-0.4, -0.2) is 40.8 Å². The van der Waals surface area contributed by atoms with E-state index in [0.29, 0.717) is 48.0 Å². The molecule has 0 aliphatic rings. The molecule has 0 bridgehead atoms. The Balaban J connectivity index is 1.56. The molecule has 0 radical (unpaired) electrons. The Morgan fingerprint density at radius 3 is 2.63 bits per heavy atom. The number of aliphatic hydroxyl groups is 1. The van der Waals surface area contributed by atoms with Crippen LogP contribution in [0.3, 0.4) is 0 Å². The maximum absolute atomic E-state index is 10.6. The number of benzene rings is 1. The highest BCUT2D eigenvalue weighted by molar-refractivity contribution is 6.30. The van der Waals surface area contributed by atoms with E-state index in [1.54, 1.807) is 25.1 Å². The summed E-state index contributed by atoms with van der Waals surface area (Å²) in [6, 6.07) is 10.8. The smallest absolute Gasteiger partial charge is 0.228 e. The molecule has 0 aliphatic heterocycles. The van der Waals surface area contributed by atoms with Crippen LogP contribution in [0.25, 0.3) is 11.4 Å². The van der Waals surface area contributed by atoms with Crippen molar-refractivity contribution in [3.63, 3.8) is 0 Å². The number of guanidine groups is 1. The van der Waals surface area contributed by atoms with E-state index in [4.69, 9.17) is 20.5 Å². The lowest BCUT2D eigenvalue weighted by Crippen LogP contribution is -2.39. The molecule has 0 saturated carbocycles. The first-order chi connectivity index (χ1) is 14.4. The molecule has 2 aromatic heterocycles. The van der Waals surface area contributed by atoms with E-state index < -0.39 is 5.60 Å². The van der Waals surface area contributed by atoms with Gasteiger partial charge in [0.05, 0.1) is 6.54 Å². The number of hydrogen-bond acceptors (Lipinski definition) is 6. The zero-order valence-corrected chi connectivity index (χ0v) is 18.0. The Hall–Kier alpha value is -2.84. The molecule has 30 heavy (non-hydrogen) atoms. The predicted octanol–water partition coefficient (Wildman–Crippen LogP) is 3.30. The Morgan fingerprint density at radius 1 is 1.20 bits per heavy atom. The molecule has 1 unspecified atom stereocenters. The minimum absolute atomic E-state index is 0.149. The van der Waals surface area contributed by atoms with E-state index in [-0.39, 0.29) is 6.54 Å². The molecule has 1 aromatic carbocycles. The van der Waals surface area contributed by atoms with Crippen molar-refractivity contribution in [2.75, 3.05) is 19.6 Å². The lowest BCUT2D eigenvalue weighted by atomic mass is 10.0. The molecular formula is C21H26ClN5O3. The first kappa shape index (κ1) is 21.9. The van der Waals surface area contributed by atoms with Gasteiger partial charge in [-0.2, -0.15) is 4.98 Å². The fourth-order valence-electron chi connectivity index (χ4n) is 2.74. The third-order valence-electron chi connectivity index (χ3n) is 4.36. The van der Waals surface area contributed by atoms with Gasteiger partial charge in [-0.3, -0.25) is 0 Å². The molecular weight excluding hydrogens is 406 g/mol. The van der Waals surface area contributed by atoms with Gasteiger partial charge in [0.15, 0.2) is 5.96 Å². The molecule has 0 saturated heterocycles. The maximum atomic E-state index is 10.6. The normalized spacial score (nSPS) is 13.8. The number of halogens is 1. The quantitative estimate of drug-likeness (QED) is 0.371. The van der Waals surface area contributed by atoms with Crippen molar-refractivity contribution in [3.05, 3.63) is 58.8 Å². The summed E-state index contributed by atoms with van der Waals surface area (Å²) in [4.78, 5) is 8.87. The van der Waals surface area contributed by atoms with Crippen molar-refractivity contribution < 1.29 is 14.0 Å². The average Bonchev–Trinajstić information content (AvgIpc) is 3.36. The van der Waals surface area contributed by atoms with Crippen molar-refractivity contribution in [3.8, 4) is 11.4 Å². The Labute approximate surface area is 180 Å². The molecule has 2 heterocycles. The number of nitrogens with one attached hydrogen (secondary N) is 2. The second kappa shape index (κ2) is 9.77. The van der Waals surface area contributed by atoms with E-state index in [1.165, 1.54) is 0 Å². The van der Waals surface area contributed by atoms with Crippen LogP contribution in [0.2, 0.25) is 5.02 Å². The maximum Gasteiger partial charge on any atom is 0.228 e. The van der Waals surface area contributed by atoms with Crippen molar-refractivity contribution in [2.24, 2.45) is 4.99 Å². The summed E-state index contributed by atoms with van der Waals surface area (Å²) in [6.45, 7) is 6.86. The van der Waals surface area contributed by atoms with Crippen molar-refractivity contribution >= 4 is 17.6 Å². The van der Waals surface area contributed by atoms with Crippen LogP contribution in [0.5, 0.6) is 0 Å². The van der Waals surface area contributed by atoms with Crippen LogP contribution in [0.4, 0.5) is 0 Å². The van der Waals surface area contributed by atoms with Gasteiger partial charge < -0.3 is 24.7 Å². The third-order valence-corrected chi connectivity index (χ3v) is 4.61. The molecule has 0 fully saturated rings. The minimum atomic E-state index is -1.20. The van der Waals surface area contributed by atoms with Gasteiger partial charge in [-0.1, -0.05) is 16.8 Å². The summed E-state index contributed by atoms with van der Waals surface area (Å²) in [5, 5.41) is 21.7. The zero-order valence-electron chi connectivity index (χ0n) is 17.3. The van der Waals surface area contributed by atoms with Crippen molar-refractivity contribution in [1.29, 1.82) is 0 Å². The lowest BCUT2D eigenvalue weighted by molar-refractivity contribution is 0.0428. The van der Waals surface area contributed by atoms with E-state index in [9.17, 15) is 5.11 Å². The SMILES string of the molecule is CCNC(=NCC(C)(O)c1ccc(C)o1)NCCc1nc(-c2ccc(Cl)cc2)no1. The second-order valence-electron chi connectivity index (χ2n) is 7.07. The van der Waals surface area contributed by atoms with Crippen molar-refractivity contribution in [1.82, 2.24) is 20.8 Å². The van der Waals surface area contributed by atoms with E-state index in [0.717, 1.165) is 11.3 Å². The number of nitrogens with zero attached hydrogens (tertiary/aromatic N) is 3. The molecule has 0 aliphatic carbocycles. The molecule has 3 aromatic rings. The second-order valence-corrected chi connectivity index (χ2v) is 7.51. The van der Waals surface area contributed by atoms with Crippen molar-refractivity contribution in [2.45, 2.75) is 32.8 Å². The van der Waals surface area contributed by atoms with Gasteiger partial charge >= 0.3 is 0 Å². The van der Waals surface area contributed by atoms with Crippen LogP contribution >= 0.6 is 11.6 Å². The summed E-state index contributed by atoms with van der Waals surface area (Å²) in [6.07, 6.45) is 0.527. The largest absolute Gasteiger partial charge is 0.463 e. The lowest BCUT2D eigenvalue weighted by Gasteiger charge is -2.19. The van der Waals surface area contributed by atoms with E-state index >= 15 is 0 Å². The number of hydrogen-bond donors (Lipinski definition) is 3. The Morgan fingerprint density at radius 2 is 1.97 bits per heavy atom. The monoisotopic (exact) mass is 431 g/mol. The number of aryl methyl sites for hydroxylation is 1. The molecule has 1 atom stereocenters. The summed E-state index contributed by atoms with van der Waals surface area (Å²) in [5.74, 6) is 2.85. The summed E-state index contributed by atoms with van der Waals surface area (Å²) < 4.78 is 10.8. The Kier molecular flexibility index (Phi) is 7.12. The van der Waals surface area contributed by atoms with Crippen LogP contribution in [0.1, 0.15) is 31.3 Å². The van der Waals surface area contributed by atoms with Gasteiger partial charge in [0.25, 0.3) is 0 Å².